The molecular formula is C17H22N6. The highest BCUT2D eigenvalue weighted by atomic mass is 15.3. The number of piperidine rings is 1. The lowest BCUT2D eigenvalue weighted by molar-refractivity contribution is 0.190. The summed E-state index contributed by atoms with van der Waals surface area (Å²) in [7, 11) is 0. The third-order valence-corrected chi connectivity index (χ3v) is 4.66. The molecule has 0 bridgehead atoms. The van der Waals surface area contributed by atoms with Gasteiger partial charge < -0.3 is 4.98 Å². The van der Waals surface area contributed by atoms with Crippen LogP contribution in [-0.2, 0) is 13.1 Å². The van der Waals surface area contributed by atoms with Crippen molar-refractivity contribution in [1.82, 2.24) is 29.6 Å². The zero-order valence-corrected chi connectivity index (χ0v) is 13.4. The first kappa shape index (κ1) is 14.4. The highest BCUT2D eigenvalue weighted by Gasteiger charge is 2.24. The number of imidazole rings is 1. The van der Waals surface area contributed by atoms with Gasteiger partial charge in [0.2, 0.25) is 0 Å². The standard InChI is InChI=1S/C17H22N6/c1-2-23-16(18-12-19-23)11-22-9-5-6-13(10-22)17-20-14-7-3-4-8-15(14)21-17/h3-4,7-8,12-13H,2,5-6,9-11H2,1H3,(H,20,21). The van der Waals surface area contributed by atoms with E-state index in [4.69, 9.17) is 4.98 Å². The number of aromatic nitrogens is 5. The third kappa shape index (κ3) is 2.86. The van der Waals surface area contributed by atoms with E-state index in [1.165, 1.54) is 12.8 Å². The Bertz CT molecular complexity index is 756. The van der Waals surface area contributed by atoms with Gasteiger partial charge in [-0.15, -0.1) is 0 Å². The summed E-state index contributed by atoms with van der Waals surface area (Å²) in [5.74, 6) is 2.64. The third-order valence-electron chi connectivity index (χ3n) is 4.66. The molecule has 3 heterocycles. The molecule has 1 saturated heterocycles. The van der Waals surface area contributed by atoms with Gasteiger partial charge in [0.25, 0.3) is 0 Å². The van der Waals surface area contributed by atoms with Gasteiger partial charge in [-0.2, -0.15) is 5.10 Å². The van der Waals surface area contributed by atoms with E-state index in [1.807, 2.05) is 10.7 Å². The normalized spacial score (nSPS) is 19.4. The van der Waals surface area contributed by atoms with Gasteiger partial charge in [-0.3, -0.25) is 4.90 Å². The summed E-state index contributed by atoms with van der Waals surface area (Å²) in [5, 5.41) is 4.27. The minimum atomic E-state index is 0.467. The van der Waals surface area contributed by atoms with Gasteiger partial charge in [0.15, 0.2) is 0 Å². The zero-order chi connectivity index (χ0) is 15.6. The predicted octanol–water partition coefficient (Wildman–Crippen LogP) is 2.55. The Kier molecular flexibility index (Phi) is 3.83. The molecule has 23 heavy (non-hydrogen) atoms. The number of rotatable bonds is 4. The SMILES string of the molecule is CCn1ncnc1CN1CCCC(c2nc3ccccc3[nH]2)C1. The Morgan fingerprint density at radius 2 is 2.22 bits per heavy atom. The van der Waals surface area contributed by atoms with Gasteiger partial charge in [0.05, 0.1) is 17.6 Å². The molecule has 1 aliphatic heterocycles. The van der Waals surface area contributed by atoms with Crippen molar-refractivity contribution in [3.63, 3.8) is 0 Å². The Morgan fingerprint density at radius 1 is 1.30 bits per heavy atom. The van der Waals surface area contributed by atoms with E-state index < -0.39 is 0 Å². The summed E-state index contributed by atoms with van der Waals surface area (Å²) >= 11 is 0. The van der Waals surface area contributed by atoms with Crippen LogP contribution >= 0.6 is 0 Å². The van der Waals surface area contributed by atoms with E-state index in [1.54, 1.807) is 6.33 Å². The molecule has 1 aromatic carbocycles. The second-order valence-corrected chi connectivity index (χ2v) is 6.21. The monoisotopic (exact) mass is 310 g/mol. The molecule has 0 radical (unpaired) electrons. The zero-order valence-electron chi connectivity index (χ0n) is 13.4. The van der Waals surface area contributed by atoms with Crippen LogP contribution in [0.3, 0.4) is 0 Å². The lowest BCUT2D eigenvalue weighted by Crippen LogP contribution is -2.35. The number of para-hydroxylation sites is 2. The van der Waals surface area contributed by atoms with Crippen LogP contribution in [-0.4, -0.2) is 42.7 Å². The second kappa shape index (κ2) is 6.12. The largest absolute Gasteiger partial charge is 0.342 e. The number of nitrogens with one attached hydrogen (secondary N) is 1. The van der Waals surface area contributed by atoms with E-state index in [0.717, 1.165) is 48.9 Å². The minimum Gasteiger partial charge on any atom is -0.342 e. The molecular weight excluding hydrogens is 288 g/mol. The molecule has 1 fully saturated rings. The quantitative estimate of drug-likeness (QED) is 0.804. The van der Waals surface area contributed by atoms with Crippen molar-refractivity contribution in [2.45, 2.75) is 38.8 Å². The molecule has 1 unspecified atom stereocenters. The topological polar surface area (TPSA) is 62.6 Å². The Hall–Kier alpha value is -2.21. The fourth-order valence-electron chi connectivity index (χ4n) is 3.46. The molecule has 0 spiro atoms. The number of aryl methyl sites for hydroxylation is 1. The van der Waals surface area contributed by atoms with Crippen LogP contribution < -0.4 is 0 Å². The summed E-state index contributed by atoms with van der Waals surface area (Å²) in [6.07, 6.45) is 4.04. The molecule has 4 rings (SSSR count). The number of nitrogens with zero attached hydrogens (tertiary/aromatic N) is 5. The van der Waals surface area contributed by atoms with Gasteiger partial charge >= 0.3 is 0 Å². The van der Waals surface area contributed by atoms with Crippen molar-refractivity contribution in [2.24, 2.45) is 0 Å². The molecule has 1 atom stereocenters. The highest BCUT2D eigenvalue weighted by Crippen LogP contribution is 2.27. The molecule has 0 saturated carbocycles. The Balaban J connectivity index is 1.50. The maximum atomic E-state index is 4.79. The van der Waals surface area contributed by atoms with E-state index >= 15 is 0 Å². The van der Waals surface area contributed by atoms with Crippen molar-refractivity contribution in [3.05, 3.63) is 42.2 Å². The molecule has 6 heteroatoms. The van der Waals surface area contributed by atoms with E-state index in [0.29, 0.717) is 5.92 Å². The molecule has 0 aliphatic carbocycles. The molecule has 3 aromatic rings. The first-order valence-electron chi connectivity index (χ1n) is 8.37. The summed E-state index contributed by atoms with van der Waals surface area (Å²) < 4.78 is 1.98. The van der Waals surface area contributed by atoms with Gasteiger partial charge in [-0.05, 0) is 38.4 Å². The van der Waals surface area contributed by atoms with Crippen LogP contribution in [0.2, 0.25) is 0 Å². The minimum absolute atomic E-state index is 0.467. The van der Waals surface area contributed by atoms with Gasteiger partial charge in [-0.1, -0.05) is 12.1 Å². The fourth-order valence-corrected chi connectivity index (χ4v) is 3.46. The maximum absolute atomic E-state index is 4.79. The van der Waals surface area contributed by atoms with Crippen molar-refractivity contribution in [2.75, 3.05) is 13.1 Å². The smallest absolute Gasteiger partial charge is 0.140 e. The van der Waals surface area contributed by atoms with Gasteiger partial charge in [0, 0.05) is 19.0 Å². The summed E-state index contributed by atoms with van der Waals surface area (Å²) in [6, 6.07) is 8.25. The van der Waals surface area contributed by atoms with Crippen LogP contribution in [0.15, 0.2) is 30.6 Å². The first-order valence-corrected chi connectivity index (χ1v) is 8.37. The average molecular weight is 310 g/mol. The first-order chi connectivity index (χ1) is 11.3. The van der Waals surface area contributed by atoms with Crippen molar-refractivity contribution in [1.29, 1.82) is 0 Å². The van der Waals surface area contributed by atoms with E-state index in [-0.39, 0.29) is 0 Å². The van der Waals surface area contributed by atoms with Crippen LogP contribution in [0.4, 0.5) is 0 Å². The van der Waals surface area contributed by atoms with E-state index in [2.05, 4.69) is 45.1 Å². The molecule has 2 aromatic heterocycles. The molecule has 6 nitrogen and oxygen atoms in total. The number of hydrogen-bond acceptors (Lipinski definition) is 4. The van der Waals surface area contributed by atoms with Crippen molar-refractivity contribution < 1.29 is 0 Å². The highest BCUT2D eigenvalue weighted by molar-refractivity contribution is 5.74. The van der Waals surface area contributed by atoms with Crippen LogP contribution in [0.25, 0.3) is 11.0 Å². The lowest BCUT2D eigenvalue weighted by Gasteiger charge is -2.31. The van der Waals surface area contributed by atoms with Crippen molar-refractivity contribution >= 4 is 11.0 Å². The molecule has 1 aliphatic rings. The summed E-state index contributed by atoms with van der Waals surface area (Å²) in [4.78, 5) is 15.2. The number of hydrogen-bond donors (Lipinski definition) is 1. The predicted molar refractivity (Wildman–Crippen MR) is 89.0 cm³/mol. The summed E-state index contributed by atoms with van der Waals surface area (Å²) in [6.45, 7) is 5.98. The van der Waals surface area contributed by atoms with Gasteiger partial charge in [0.1, 0.15) is 18.0 Å². The van der Waals surface area contributed by atoms with Gasteiger partial charge in [-0.25, -0.2) is 14.6 Å². The molecule has 0 amide bonds. The lowest BCUT2D eigenvalue weighted by atomic mass is 9.97. The maximum Gasteiger partial charge on any atom is 0.140 e. The number of benzene rings is 1. The molecule has 1 N–H and O–H groups in total. The van der Waals surface area contributed by atoms with Crippen molar-refractivity contribution in [3.8, 4) is 0 Å². The number of H-pyrrole nitrogens is 1. The number of aromatic amines is 1. The van der Waals surface area contributed by atoms with Crippen LogP contribution in [0, 0.1) is 0 Å². The second-order valence-electron chi connectivity index (χ2n) is 6.21. The number of fused-ring (bicyclic) bond motifs is 1. The van der Waals surface area contributed by atoms with Crippen LogP contribution in [0.1, 0.15) is 37.3 Å². The van der Waals surface area contributed by atoms with E-state index in [9.17, 15) is 0 Å². The Labute approximate surface area is 135 Å². The summed E-state index contributed by atoms with van der Waals surface area (Å²) in [5.41, 5.74) is 2.19. The molecule has 120 valence electrons. The Morgan fingerprint density at radius 3 is 3.09 bits per heavy atom. The fraction of sp³-hybridized carbons (Fsp3) is 0.471. The van der Waals surface area contributed by atoms with Crippen LogP contribution in [0.5, 0.6) is 0 Å². The average Bonchev–Trinajstić information content (AvgIpc) is 3.21. The number of likely N-dealkylation sites (tertiary alicyclic amines) is 1.